The largest absolute Gasteiger partial charge is 0.349 e. The first-order valence-electron chi connectivity index (χ1n) is 7.50. The summed E-state index contributed by atoms with van der Waals surface area (Å²) in [6.07, 6.45) is 3.94. The highest BCUT2D eigenvalue weighted by molar-refractivity contribution is 7.99. The molecule has 20 heavy (non-hydrogen) atoms. The molecule has 1 aromatic rings. The fourth-order valence-electron chi connectivity index (χ4n) is 2.97. The van der Waals surface area contributed by atoms with Crippen molar-refractivity contribution in [3.63, 3.8) is 0 Å². The summed E-state index contributed by atoms with van der Waals surface area (Å²) in [6, 6.07) is 6.80. The second-order valence-electron chi connectivity index (χ2n) is 5.71. The maximum atomic E-state index is 5.76. The number of thiocarbonyl (C=S) groups is 1. The Bertz CT molecular complexity index is 495. The Hall–Kier alpha value is -0.740. The van der Waals surface area contributed by atoms with Crippen LogP contribution in [0.2, 0.25) is 0 Å². The summed E-state index contributed by atoms with van der Waals surface area (Å²) in [7, 11) is 0. The van der Waals surface area contributed by atoms with Gasteiger partial charge in [-0.15, -0.1) is 11.8 Å². The fourth-order valence-corrected chi connectivity index (χ4v) is 4.31. The number of aryl methyl sites for hydroxylation is 1. The lowest BCUT2D eigenvalue weighted by Crippen LogP contribution is -2.45. The van der Waals surface area contributed by atoms with Crippen LogP contribution in [0.3, 0.4) is 0 Å². The standard InChI is InChI=1S/C16H22N2S2/c1-13-5-6-15-14(11-13)12-18(9-10-20-15)16(19)17-7-3-2-4-8-17/h5-6,11H,2-4,7-10,12H2,1H3. The van der Waals surface area contributed by atoms with E-state index in [0.717, 1.165) is 37.0 Å². The van der Waals surface area contributed by atoms with E-state index in [9.17, 15) is 0 Å². The quantitative estimate of drug-likeness (QED) is 0.674. The molecule has 0 aromatic heterocycles. The van der Waals surface area contributed by atoms with Crippen molar-refractivity contribution in [1.82, 2.24) is 9.80 Å². The Balaban J connectivity index is 1.75. The van der Waals surface area contributed by atoms with Gasteiger partial charge in [-0.25, -0.2) is 0 Å². The number of benzene rings is 1. The molecule has 0 atom stereocenters. The van der Waals surface area contributed by atoms with Crippen molar-refractivity contribution in [2.24, 2.45) is 0 Å². The molecule has 1 aromatic carbocycles. The lowest BCUT2D eigenvalue weighted by atomic mass is 10.1. The molecule has 0 amide bonds. The van der Waals surface area contributed by atoms with Crippen LogP contribution in [0, 0.1) is 6.92 Å². The number of hydrogen-bond donors (Lipinski definition) is 0. The normalized spacial score (nSPS) is 19.4. The van der Waals surface area contributed by atoms with E-state index in [1.165, 1.54) is 35.3 Å². The van der Waals surface area contributed by atoms with E-state index in [2.05, 4.69) is 34.9 Å². The summed E-state index contributed by atoms with van der Waals surface area (Å²) in [5, 5.41) is 1.07. The highest BCUT2D eigenvalue weighted by Gasteiger charge is 2.22. The molecular weight excluding hydrogens is 284 g/mol. The number of likely N-dealkylation sites (tertiary alicyclic amines) is 1. The second kappa shape index (κ2) is 6.35. The van der Waals surface area contributed by atoms with Gasteiger partial charge in [0.2, 0.25) is 0 Å². The van der Waals surface area contributed by atoms with Crippen LogP contribution < -0.4 is 0 Å². The van der Waals surface area contributed by atoms with Crippen LogP contribution in [0.4, 0.5) is 0 Å². The van der Waals surface area contributed by atoms with Crippen LogP contribution in [0.1, 0.15) is 30.4 Å². The molecule has 2 heterocycles. The molecule has 0 bridgehead atoms. The molecule has 2 aliphatic heterocycles. The second-order valence-corrected chi connectivity index (χ2v) is 7.21. The first-order chi connectivity index (χ1) is 9.74. The minimum atomic E-state index is 0.972. The van der Waals surface area contributed by atoms with Crippen molar-refractivity contribution in [2.45, 2.75) is 37.6 Å². The average Bonchev–Trinajstić information content (AvgIpc) is 2.69. The molecule has 2 nitrogen and oxygen atoms in total. The Morgan fingerprint density at radius 1 is 1.10 bits per heavy atom. The van der Waals surface area contributed by atoms with E-state index in [1.54, 1.807) is 0 Å². The maximum absolute atomic E-state index is 5.76. The van der Waals surface area contributed by atoms with Gasteiger partial charge in [0.05, 0.1) is 0 Å². The van der Waals surface area contributed by atoms with Gasteiger partial charge in [0.25, 0.3) is 0 Å². The lowest BCUT2D eigenvalue weighted by Gasteiger charge is -2.35. The zero-order valence-electron chi connectivity index (χ0n) is 12.1. The smallest absolute Gasteiger partial charge is 0.171 e. The third kappa shape index (κ3) is 3.12. The molecule has 0 aliphatic carbocycles. The number of rotatable bonds is 0. The number of piperidine rings is 1. The summed E-state index contributed by atoms with van der Waals surface area (Å²) >= 11 is 7.72. The molecule has 1 fully saturated rings. The third-order valence-corrected chi connectivity index (χ3v) is 5.71. The van der Waals surface area contributed by atoms with Gasteiger partial charge >= 0.3 is 0 Å². The van der Waals surface area contributed by atoms with Crippen molar-refractivity contribution in [2.75, 3.05) is 25.4 Å². The van der Waals surface area contributed by atoms with Crippen LogP contribution in [0.5, 0.6) is 0 Å². The van der Waals surface area contributed by atoms with Gasteiger partial charge in [0, 0.05) is 36.8 Å². The van der Waals surface area contributed by atoms with Gasteiger partial charge < -0.3 is 9.80 Å². The Labute approximate surface area is 131 Å². The summed E-state index contributed by atoms with van der Waals surface area (Å²) in [5.41, 5.74) is 2.78. The van der Waals surface area contributed by atoms with E-state index >= 15 is 0 Å². The Kier molecular flexibility index (Phi) is 4.51. The van der Waals surface area contributed by atoms with Crippen molar-refractivity contribution >= 4 is 29.1 Å². The van der Waals surface area contributed by atoms with E-state index in [-0.39, 0.29) is 0 Å². The third-order valence-electron chi connectivity index (χ3n) is 4.09. The predicted octanol–water partition coefficient (Wildman–Crippen LogP) is 3.67. The van der Waals surface area contributed by atoms with Gasteiger partial charge in [-0.1, -0.05) is 17.7 Å². The molecular formula is C16H22N2S2. The van der Waals surface area contributed by atoms with Gasteiger partial charge in [-0.05, 0) is 50.0 Å². The van der Waals surface area contributed by atoms with Crippen LogP contribution in [-0.4, -0.2) is 40.3 Å². The first kappa shape index (κ1) is 14.2. The van der Waals surface area contributed by atoms with Crippen LogP contribution in [0.15, 0.2) is 23.1 Å². The van der Waals surface area contributed by atoms with Gasteiger partial charge in [0.1, 0.15) is 0 Å². The van der Waals surface area contributed by atoms with Crippen LogP contribution >= 0.6 is 24.0 Å². The molecule has 0 unspecified atom stereocenters. The topological polar surface area (TPSA) is 6.48 Å². The van der Waals surface area contributed by atoms with Gasteiger partial charge in [0.15, 0.2) is 5.11 Å². The fraction of sp³-hybridized carbons (Fsp3) is 0.562. The Morgan fingerprint density at radius 2 is 1.90 bits per heavy atom. The Morgan fingerprint density at radius 3 is 2.70 bits per heavy atom. The molecule has 0 spiro atoms. The molecule has 3 rings (SSSR count). The summed E-state index contributed by atoms with van der Waals surface area (Å²) in [5.74, 6) is 1.13. The average molecular weight is 307 g/mol. The molecule has 0 radical (unpaired) electrons. The van der Waals surface area contributed by atoms with E-state index in [1.807, 2.05) is 11.8 Å². The molecule has 108 valence electrons. The van der Waals surface area contributed by atoms with Crippen LogP contribution in [0.25, 0.3) is 0 Å². The minimum Gasteiger partial charge on any atom is -0.349 e. The summed E-state index contributed by atoms with van der Waals surface area (Å²) < 4.78 is 0. The zero-order chi connectivity index (χ0) is 13.9. The zero-order valence-corrected chi connectivity index (χ0v) is 13.7. The van der Waals surface area contributed by atoms with E-state index in [4.69, 9.17) is 12.2 Å². The minimum absolute atomic E-state index is 0.972. The molecule has 1 saturated heterocycles. The molecule has 2 aliphatic rings. The number of thioether (sulfide) groups is 1. The monoisotopic (exact) mass is 306 g/mol. The summed E-state index contributed by atoms with van der Waals surface area (Å²) in [4.78, 5) is 6.24. The maximum Gasteiger partial charge on any atom is 0.171 e. The van der Waals surface area contributed by atoms with Crippen molar-refractivity contribution in [3.05, 3.63) is 29.3 Å². The SMILES string of the molecule is Cc1ccc2c(c1)CN(C(=S)N1CCCCC1)CCS2. The molecule has 0 N–H and O–H groups in total. The predicted molar refractivity (Wildman–Crippen MR) is 90.3 cm³/mol. The number of hydrogen-bond acceptors (Lipinski definition) is 2. The van der Waals surface area contributed by atoms with Crippen molar-refractivity contribution < 1.29 is 0 Å². The van der Waals surface area contributed by atoms with E-state index in [0.29, 0.717) is 0 Å². The lowest BCUT2D eigenvalue weighted by molar-refractivity contribution is 0.291. The molecule has 4 heteroatoms. The number of fused-ring (bicyclic) bond motifs is 1. The van der Waals surface area contributed by atoms with Gasteiger partial charge in [-0.2, -0.15) is 0 Å². The molecule has 0 saturated carbocycles. The highest BCUT2D eigenvalue weighted by Crippen LogP contribution is 2.29. The van der Waals surface area contributed by atoms with Crippen molar-refractivity contribution in [3.8, 4) is 0 Å². The summed E-state index contributed by atoms with van der Waals surface area (Å²) in [6.45, 7) is 6.49. The van der Waals surface area contributed by atoms with Crippen molar-refractivity contribution in [1.29, 1.82) is 0 Å². The number of nitrogens with zero attached hydrogens (tertiary/aromatic N) is 2. The van der Waals surface area contributed by atoms with Gasteiger partial charge in [-0.3, -0.25) is 0 Å². The first-order valence-corrected chi connectivity index (χ1v) is 8.89. The van der Waals surface area contributed by atoms with E-state index < -0.39 is 0 Å². The van der Waals surface area contributed by atoms with Crippen LogP contribution in [-0.2, 0) is 6.54 Å². The highest BCUT2D eigenvalue weighted by atomic mass is 32.2.